The lowest BCUT2D eigenvalue weighted by atomic mass is 9.89. The van der Waals surface area contributed by atoms with Crippen LogP contribution in [0, 0.1) is 0 Å². The Balaban J connectivity index is 1.43. The minimum Gasteiger partial charge on any atom is -0.497 e. The third-order valence-corrected chi connectivity index (χ3v) is 4.75. The lowest BCUT2D eigenvalue weighted by Crippen LogP contribution is -2.37. The number of ether oxygens (including phenoxy) is 2. The highest BCUT2D eigenvalue weighted by Crippen LogP contribution is 2.29. The second-order valence-electron chi connectivity index (χ2n) is 6.47. The van der Waals surface area contributed by atoms with E-state index in [0.29, 0.717) is 19.1 Å². The molecule has 2 aromatic rings. The van der Waals surface area contributed by atoms with Crippen molar-refractivity contribution in [2.24, 2.45) is 0 Å². The molecule has 0 aliphatic carbocycles. The number of likely N-dealkylation sites (tertiary alicyclic amines) is 1. The fourth-order valence-electron chi connectivity index (χ4n) is 3.29. The van der Waals surface area contributed by atoms with Crippen LogP contribution in [0.3, 0.4) is 0 Å². The molecule has 2 aromatic carbocycles. The van der Waals surface area contributed by atoms with Gasteiger partial charge in [0.1, 0.15) is 12.4 Å². The highest BCUT2D eigenvalue weighted by molar-refractivity contribution is 5.71. The van der Waals surface area contributed by atoms with Crippen molar-refractivity contribution in [3.8, 4) is 5.75 Å². The lowest BCUT2D eigenvalue weighted by Gasteiger charge is -2.31. The number of hydrogen-bond donors (Lipinski definition) is 0. The smallest absolute Gasteiger partial charge is 0.320 e. The molecule has 0 spiro atoms. The molecule has 1 fully saturated rings. The number of rotatable bonds is 6. The van der Waals surface area contributed by atoms with Gasteiger partial charge in [-0.2, -0.15) is 0 Å². The number of methoxy groups -OCH3 is 1. The second kappa shape index (κ2) is 8.67. The van der Waals surface area contributed by atoms with Crippen LogP contribution in [0.25, 0.3) is 0 Å². The summed E-state index contributed by atoms with van der Waals surface area (Å²) >= 11 is 0. The van der Waals surface area contributed by atoms with Crippen molar-refractivity contribution >= 4 is 5.97 Å². The molecule has 4 nitrogen and oxygen atoms in total. The minimum atomic E-state index is -0.149. The summed E-state index contributed by atoms with van der Waals surface area (Å²) in [5.41, 5.74) is 2.35. The van der Waals surface area contributed by atoms with Crippen LogP contribution in [0.5, 0.6) is 5.75 Å². The Morgan fingerprint density at radius 3 is 2.56 bits per heavy atom. The van der Waals surface area contributed by atoms with E-state index in [1.54, 1.807) is 7.11 Å². The Labute approximate surface area is 149 Å². The summed E-state index contributed by atoms with van der Waals surface area (Å²) in [7, 11) is 1.70. The molecule has 3 rings (SSSR count). The third kappa shape index (κ3) is 5.07. The van der Waals surface area contributed by atoms with Gasteiger partial charge in [-0.25, -0.2) is 0 Å². The van der Waals surface area contributed by atoms with Gasteiger partial charge in [-0.1, -0.05) is 42.5 Å². The second-order valence-corrected chi connectivity index (χ2v) is 6.47. The van der Waals surface area contributed by atoms with Gasteiger partial charge in [0.2, 0.25) is 0 Å². The maximum Gasteiger partial charge on any atom is 0.320 e. The zero-order chi connectivity index (χ0) is 17.5. The molecule has 0 amide bonds. The van der Waals surface area contributed by atoms with Gasteiger partial charge < -0.3 is 9.47 Å². The maximum atomic E-state index is 12.0. The van der Waals surface area contributed by atoms with Gasteiger partial charge >= 0.3 is 5.97 Å². The Morgan fingerprint density at radius 2 is 1.84 bits per heavy atom. The van der Waals surface area contributed by atoms with Crippen molar-refractivity contribution in [1.82, 2.24) is 4.90 Å². The number of hydrogen-bond acceptors (Lipinski definition) is 4. The molecule has 25 heavy (non-hydrogen) atoms. The summed E-state index contributed by atoms with van der Waals surface area (Å²) in [6, 6.07) is 18.1. The third-order valence-electron chi connectivity index (χ3n) is 4.75. The van der Waals surface area contributed by atoms with E-state index in [4.69, 9.17) is 9.47 Å². The Hall–Kier alpha value is -2.33. The Kier molecular flexibility index (Phi) is 6.07. The number of carbonyl (C=O) groups excluding carboxylic acids is 1. The number of benzene rings is 2. The summed E-state index contributed by atoms with van der Waals surface area (Å²) in [6.07, 6.45) is 2.11. The first-order valence-corrected chi connectivity index (χ1v) is 8.80. The van der Waals surface area contributed by atoms with E-state index in [2.05, 4.69) is 17.0 Å². The largest absolute Gasteiger partial charge is 0.497 e. The van der Waals surface area contributed by atoms with E-state index in [1.807, 2.05) is 42.5 Å². The van der Waals surface area contributed by atoms with Crippen LogP contribution in [0.15, 0.2) is 54.6 Å². The summed E-state index contributed by atoms with van der Waals surface area (Å²) in [4.78, 5) is 14.2. The number of nitrogens with zero attached hydrogens (tertiary/aromatic N) is 1. The molecule has 0 bridgehead atoms. The Bertz CT molecular complexity index is 679. The van der Waals surface area contributed by atoms with E-state index >= 15 is 0 Å². The molecule has 1 aliphatic heterocycles. The van der Waals surface area contributed by atoms with Crippen molar-refractivity contribution in [2.45, 2.75) is 25.4 Å². The van der Waals surface area contributed by atoms with Gasteiger partial charge in [0.15, 0.2) is 0 Å². The van der Waals surface area contributed by atoms with Gasteiger partial charge in [-0.15, -0.1) is 0 Å². The SMILES string of the molecule is COc1cccc(C2CCN(CC(=O)OCc3ccccc3)CC2)c1. The van der Waals surface area contributed by atoms with E-state index < -0.39 is 0 Å². The highest BCUT2D eigenvalue weighted by atomic mass is 16.5. The van der Waals surface area contributed by atoms with Crippen LogP contribution < -0.4 is 4.74 Å². The topological polar surface area (TPSA) is 38.8 Å². The zero-order valence-corrected chi connectivity index (χ0v) is 14.7. The first-order valence-electron chi connectivity index (χ1n) is 8.80. The Morgan fingerprint density at radius 1 is 1.08 bits per heavy atom. The van der Waals surface area contributed by atoms with Crippen molar-refractivity contribution in [3.05, 3.63) is 65.7 Å². The molecule has 1 heterocycles. The zero-order valence-electron chi connectivity index (χ0n) is 14.7. The maximum absolute atomic E-state index is 12.0. The van der Waals surface area contributed by atoms with Crippen molar-refractivity contribution < 1.29 is 14.3 Å². The van der Waals surface area contributed by atoms with E-state index in [0.717, 1.165) is 37.2 Å². The minimum absolute atomic E-state index is 0.149. The summed E-state index contributed by atoms with van der Waals surface area (Å²) in [5.74, 6) is 1.29. The van der Waals surface area contributed by atoms with Crippen LogP contribution in [0.1, 0.15) is 29.9 Å². The van der Waals surface area contributed by atoms with Gasteiger partial charge in [0.25, 0.3) is 0 Å². The van der Waals surface area contributed by atoms with Crippen molar-refractivity contribution in [2.75, 3.05) is 26.7 Å². The lowest BCUT2D eigenvalue weighted by molar-refractivity contribution is -0.146. The van der Waals surface area contributed by atoms with Crippen LogP contribution in [-0.2, 0) is 16.1 Å². The molecular weight excluding hydrogens is 314 g/mol. The van der Waals surface area contributed by atoms with Crippen LogP contribution in [0.4, 0.5) is 0 Å². The first-order chi connectivity index (χ1) is 12.2. The number of piperidine rings is 1. The van der Waals surface area contributed by atoms with Crippen LogP contribution in [0.2, 0.25) is 0 Å². The van der Waals surface area contributed by atoms with E-state index in [-0.39, 0.29) is 5.97 Å². The molecular formula is C21H25NO3. The number of carbonyl (C=O) groups is 1. The highest BCUT2D eigenvalue weighted by Gasteiger charge is 2.22. The standard InChI is InChI=1S/C21H25NO3/c1-24-20-9-5-8-19(14-20)18-10-12-22(13-11-18)15-21(23)25-16-17-6-3-2-4-7-17/h2-9,14,18H,10-13,15-16H2,1H3. The molecule has 132 valence electrons. The van der Waals surface area contributed by atoms with Gasteiger partial charge in [-0.05, 0) is 55.1 Å². The normalized spacial score (nSPS) is 15.7. The van der Waals surface area contributed by atoms with Gasteiger partial charge in [0.05, 0.1) is 13.7 Å². The molecule has 1 aliphatic rings. The average Bonchev–Trinajstić information content (AvgIpc) is 2.68. The van der Waals surface area contributed by atoms with E-state index in [1.165, 1.54) is 5.56 Å². The predicted octanol–water partition coefficient (Wildman–Crippen LogP) is 3.62. The average molecular weight is 339 g/mol. The van der Waals surface area contributed by atoms with Crippen LogP contribution >= 0.6 is 0 Å². The van der Waals surface area contributed by atoms with Crippen molar-refractivity contribution in [1.29, 1.82) is 0 Å². The predicted molar refractivity (Wildman–Crippen MR) is 97.6 cm³/mol. The molecule has 1 saturated heterocycles. The first kappa shape index (κ1) is 17.5. The van der Waals surface area contributed by atoms with Crippen molar-refractivity contribution in [3.63, 3.8) is 0 Å². The fraction of sp³-hybridized carbons (Fsp3) is 0.381. The summed E-state index contributed by atoms with van der Waals surface area (Å²) < 4.78 is 10.7. The molecule has 0 N–H and O–H groups in total. The van der Waals surface area contributed by atoms with E-state index in [9.17, 15) is 4.79 Å². The molecule has 0 atom stereocenters. The quantitative estimate of drug-likeness (QED) is 0.754. The molecule has 0 aromatic heterocycles. The fourth-order valence-corrected chi connectivity index (χ4v) is 3.29. The molecule has 0 saturated carbocycles. The monoisotopic (exact) mass is 339 g/mol. The molecule has 0 radical (unpaired) electrons. The number of esters is 1. The summed E-state index contributed by atoms with van der Waals surface area (Å²) in [6.45, 7) is 2.56. The van der Waals surface area contributed by atoms with Crippen LogP contribution in [-0.4, -0.2) is 37.6 Å². The molecule has 4 heteroatoms. The van der Waals surface area contributed by atoms with Gasteiger partial charge in [0, 0.05) is 0 Å². The van der Waals surface area contributed by atoms with Gasteiger partial charge in [-0.3, -0.25) is 9.69 Å². The molecule has 0 unspecified atom stereocenters. The summed E-state index contributed by atoms with van der Waals surface area (Å²) in [5, 5.41) is 0.